The number of carbonyl (C=O) groups excluding carboxylic acids is 2. The predicted molar refractivity (Wildman–Crippen MR) is 251 cm³/mol. The number of hydrogen-bond donors (Lipinski definition) is 3. The van der Waals surface area contributed by atoms with E-state index in [2.05, 4.69) is 62.5 Å². The molecule has 0 aromatic heterocycles. The average molecular weight is 881 g/mol. The Morgan fingerprint density at radius 1 is 0.508 bits per heavy atom. The molecule has 0 saturated carbocycles. The summed E-state index contributed by atoms with van der Waals surface area (Å²) in [6.45, 7) is 2.22. The Balaban J connectivity index is 4.26. The van der Waals surface area contributed by atoms with Crippen LogP contribution in [0.2, 0.25) is 0 Å². The van der Waals surface area contributed by atoms with Crippen molar-refractivity contribution in [3.63, 3.8) is 0 Å². The number of rotatable bonds is 45. The van der Waals surface area contributed by atoms with Gasteiger partial charge >= 0.3 is 19.8 Å². The second-order valence-corrected chi connectivity index (χ2v) is 17.6. The summed E-state index contributed by atoms with van der Waals surface area (Å²) in [7, 11) is -4.64. The van der Waals surface area contributed by atoms with Crippen molar-refractivity contribution in [3.8, 4) is 0 Å². The van der Waals surface area contributed by atoms with E-state index in [-0.39, 0.29) is 19.4 Å². The maximum absolute atomic E-state index is 12.6. The maximum atomic E-state index is 12.6. The van der Waals surface area contributed by atoms with E-state index in [9.17, 15) is 24.2 Å². The number of unbranched alkanes of at least 4 members (excludes halogenated alkanes) is 21. The van der Waals surface area contributed by atoms with Crippen molar-refractivity contribution in [2.24, 2.45) is 0 Å². The minimum absolute atomic E-state index is 0.105. The van der Waals surface area contributed by atoms with E-state index < -0.39 is 51.8 Å². The molecule has 0 heterocycles. The fraction of sp³-hybridized carbons (Fsp3) is 0.760. The van der Waals surface area contributed by atoms with Crippen LogP contribution in [0.5, 0.6) is 0 Å². The van der Waals surface area contributed by atoms with Gasteiger partial charge in [-0.1, -0.05) is 203 Å². The molecule has 0 spiro atoms. The number of aliphatic hydroxyl groups excluding tert-OH is 2. The summed E-state index contributed by atoms with van der Waals surface area (Å²) in [5.74, 6) is -0.988. The normalized spacial score (nSPS) is 14.2. The number of allylic oxidation sites excluding steroid dienone is 10. The molecule has 0 radical (unpaired) electrons. The van der Waals surface area contributed by atoms with Gasteiger partial charge in [0.05, 0.1) is 19.8 Å². The maximum Gasteiger partial charge on any atom is 0.472 e. The van der Waals surface area contributed by atoms with Gasteiger partial charge in [0, 0.05) is 12.8 Å². The van der Waals surface area contributed by atoms with Crippen LogP contribution in [-0.4, -0.2) is 65.7 Å². The second kappa shape index (κ2) is 45.7. The predicted octanol–water partition coefficient (Wildman–Crippen LogP) is 13.5. The summed E-state index contributed by atoms with van der Waals surface area (Å²) in [4.78, 5) is 35.1. The number of hydrogen-bond acceptors (Lipinski definition) is 9. The zero-order chi connectivity index (χ0) is 44.8. The van der Waals surface area contributed by atoms with Crippen LogP contribution in [0.15, 0.2) is 60.8 Å². The third kappa shape index (κ3) is 45.5. The molecule has 3 atom stereocenters. The van der Waals surface area contributed by atoms with E-state index in [0.717, 1.165) is 51.4 Å². The van der Waals surface area contributed by atoms with E-state index >= 15 is 0 Å². The Labute approximate surface area is 372 Å². The molecule has 0 aromatic carbocycles. The van der Waals surface area contributed by atoms with Gasteiger partial charge in [-0.3, -0.25) is 18.6 Å². The molecule has 0 aromatic rings. The van der Waals surface area contributed by atoms with Gasteiger partial charge in [0.25, 0.3) is 0 Å². The van der Waals surface area contributed by atoms with Crippen LogP contribution in [0, 0.1) is 0 Å². The van der Waals surface area contributed by atoms with Crippen molar-refractivity contribution >= 4 is 19.8 Å². The Hall–Kier alpha value is -2.33. The Morgan fingerprint density at radius 2 is 0.902 bits per heavy atom. The van der Waals surface area contributed by atoms with Gasteiger partial charge in [-0.05, 0) is 51.4 Å². The molecule has 0 amide bonds. The summed E-state index contributed by atoms with van der Waals surface area (Å²) < 4.78 is 32.7. The van der Waals surface area contributed by atoms with Crippen molar-refractivity contribution in [2.75, 3.05) is 26.4 Å². The monoisotopic (exact) mass is 881 g/mol. The van der Waals surface area contributed by atoms with E-state index in [0.29, 0.717) is 19.3 Å². The van der Waals surface area contributed by atoms with E-state index in [4.69, 9.17) is 23.6 Å². The molecule has 354 valence electrons. The fourth-order valence-corrected chi connectivity index (χ4v) is 7.29. The van der Waals surface area contributed by atoms with Crippen LogP contribution in [0.4, 0.5) is 0 Å². The number of phosphoric ester groups is 1. The van der Waals surface area contributed by atoms with Gasteiger partial charge in [0.1, 0.15) is 12.7 Å². The van der Waals surface area contributed by atoms with E-state index in [1.54, 1.807) is 0 Å². The first-order valence-electron chi connectivity index (χ1n) is 24.2. The molecule has 11 heteroatoms. The van der Waals surface area contributed by atoms with Gasteiger partial charge in [0.15, 0.2) is 6.10 Å². The molecule has 0 fully saturated rings. The Morgan fingerprint density at radius 3 is 1.34 bits per heavy atom. The first-order valence-corrected chi connectivity index (χ1v) is 25.7. The molecule has 3 N–H and O–H groups in total. The van der Waals surface area contributed by atoms with Gasteiger partial charge in [-0.15, -0.1) is 0 Å². The molecule has 0 aliphatic heterocycles. The number of aliphatic hydroxyl groups is 2. The number of carbonyl (C=O) groups is 2. The van der Waals surface area contributed by atoms with Gasteiger partial charge in [-0.25, -0.2) is 4.57 Å². The van der Waals surface area contributed by atoms with Crippen molar-refractivity contribution in [2.45, 2.75) is 219 Å². The molecular weight excluding hydrogens is 792 g/mol. The minimum Gasteiger partial charge on any atom is -0.462 e. The van der Waals surface area contributed by atoms with Crippen LogP contribution < -0.4 is 0 Å². The van der Waals surface area contributed by atoms with Crippen LogP contribution in [0.1, 0.15) is 206 Å². The summed E-state index contributed by atoms with van der Waals surface area (Å²) in [6, 6.07) is 0. The molecule has 3 unspecified atom stereocenters. The lowest BCUT2D eigenvalue weighted by Gasteiger charge is -2.20. The molecule has 0 saturated heterocycles. The van der Waals surface area contributed by atoms with Crippen LogP contribution in [-0.2, 0) is 32.7 Å². The fourth-order valence-electron chi connectivity index (χ4n) is 6.50. The molecule has 10 nitrogen and oxygen atoms in total. The lowest BCUT2D eigenvalue weighted by molar-refractivity contribution is -0.161. The highest BCUT2D eigenvalue weighted by atomic mass is 31.2. The summed E-state index contributed by atoms with van der Waals surface area (Å²) >= 11 is 0. The smallest absolute Gasteiger partial charge is 0.462 e. The van der Waals surface area contributed by atoms with Crippen LogP contribution in [0.25, 0.3) is 0 Å². The highest BCUT2D eigenvalue weighted by Crippen LogP contribution is 2.43. The van der Waals surface area contributed by atoms with Gasteiger partial charge < -0.3 is 24.6 Å². The highest BCUT2D eigenvalue weighted by molar-refractivity contribution is 7.47. The molecule has 0 rings (SSSR count). The minimum atomic E-state index is -4.64. The third-order valence-electron chi connectivity index (χ3n) is 10.2. The zero-order valence-electron chi connectivity index (χ0n) is 38.6. The number of esters is 2. The van der Waals surface area contributed by atoms with Crippen molar-refractivity contribution in [1.29, 1.82) is 0 Å². The van der Waals surface area contributed by atoms with Crippen molar-refractivity contribution in [3.05, 3.63) is 60.8 Å². The number of ether oxygens (including phenoxy) is 2. The molecular formula is C50H89O10P. The largest absolute Gasteiger partial charge is 0.472 e. The first-order chi connectivity index (χ1) is 29.7. The van der Waals surface area contributed by atoms with Gasteiger partial charge in [0.2, 0.25) is 0 Å². The molecule has 61 heavy (non-hydrogen) atoms. The highest BCUT2D eigenvalue weighted by Gasteiger charge is 2.27. The molecule has 0 bridgehead atoms. The topological polar surface area (TPSA) is 149 Å². The molecule has 0 aliphatic carbocycles. The Kier molecular flexibility index (Phi) is 43.9. The number of phosphoric acid groups is 1. The Bertz CT molecular complexity index is 1200. The van der Waals surface area contributed by atoms with E-state index in [1.807, 2.05) is 12.2 Å². The van der Waals surface area contributed by atoms with Gasteiger partial charge in [-0.2, -0.15) is 0 Å². The lowest BCUT2D eigenvalue weighted by Crippen LogP contribution is -2.29. The quantitative estimate of drug-likeness (QED) is 0.0233. The van der Waals surface area contributed by atoms with Crippen LogP contribution in [0.3, 0.4) is 0 Å². The molecule has 0 aliphatic rings. The third-order valence-corrected chi connectivity index (χ3v) is 11.1. The standard InChI is InChI=1S/C50H89O10P/c1-3-5-7-9-11-13-15-17-19-21-22-23-24-26-27-29-31-33-35-37-39-41-49(53)57-45-48(46-59-61(55,56)58-44-47(52)43-51)60-50(54)42-40-38-36-34-32-30-28-25-20-18-16-14-12-10-8-6-4-2/h6,8,12,14,18,20,28,30,34,36,47-48,51-52H,3-5,7,9-11,13,15-17,19,21-27,29,31-33,35,37-46H2,1-2H3,(H,55,56)/b8-6-,14-12-,20-18-,30-28-,36-34-. The van der Waals surface area contributed by atoms with Crippen LogP contribution >= 0.6 is 7.82 Å². The SMILES string of the molecule is CC/C=C\C/C=C\C/C=C\C/C=C\C/C=C\CCCC(=O)OC(COC(=O)CCCCCCCCCCCCCCCCCCCCCCC)COP(=O)(O)OCC(O)CO. The lowest BCUT2D eigenvalue weighted by atomic mass is 10.0. The first kappa shape index (κ1) is 58.7. The summed E-state index contributed by atoms with van der Waals surface area (Å²) in [5, 5.41) is 18.4. The average Bonchev–Trinajstić information content (AvgIpc) is 3.25. The summed E-state index contributed by atoms with van der Waals surface area (Å²) in [5.41, 5.74) is 0. The zero-order valence-corrected chi connectivity index (χ0v) is 39.5. The second-order valence-electron chi connectivity index (χ2n) is 16.1. The van der Waals surface area contributed by atoms with Crippen molar-refractivity contribution in [1.82, 2.24) is 0 Å². The summed E-state index contributed by atoms with van der Waals surface area (Å²) in [6.07, 6.45) is 52.0. The van der Waals surface area contributed by atoms with E-state index in [1.165, 1.54) is 109 Å². The van der Waals surface area contributed by atoms with Crippen molar-refractivity contribution < 1.29 is 47.8 Å².